The molecule has 0 amide bonds. The van der Waals surface area contributed by atoms with Gasteiger partial charge in [-0.3, -0.25) is 9.91 Å². The van der Waals surface area contributed by atoms with Crippen LogP contribution in [0.5, 0.6) is 0 Å². The van der Waals surface area contributed by atoms with E-state index in [9.17, 15) is 0 Å². The van der Waals surface area contributed by atoms with E-state index >= 15 is 0 Å². The molecule has 0 radical (unpaired) electrons. The second kappa shape index (κ2) is 4.77. The van der Waals surface area contributed by atoms with E-state index in [-0.39, 0.29) is 6.17 Å². The van der Waals surface area contributed by atoms with E-state index in [1.807, 2.05) is 12.1 Å². The predicted octanol–water partition coefficient (Wildman–Crippen LogP) is 3.02. The average molecular weight is 259 g/mol. The molecule has 0 N–H and O–H groups in total. The van der Waals surface area contributed by atoms with Crippen molar-refractivity contribution in [1.82, 2.24) is 9.91 Å². The van der Waals surface area contributed by atoms with Crippen molar-refractivity contribution in [2.75, 3.05) is 7.05 Å². The van der Waals surface area contributed by atoms with Crippen LogP contribution in [0.15, 0.2) is 5.10 Å². The van der Waals surface area contributed by atoms with E-state index in [2.05, 4.69) is 12.0 Å². The van der Waals surface area contributed by atoms with E-state index < -0.39 is 3.92 Å². The third-order valence-corrected chi connectivity index (χ3v) is 2.80. The summed E-state index contributed by atoms with van der Waals surface area (Å²) in [4.78, 5) is 1.65. The SMILES string of the molecule is CCCCC1N(C)N=CN1C(Cl)(Cl)Cl. The Bertz CT molecular complexity index is 214. The van der Waals surface area contributed by atoms with E-state index in [1.165, 1.54) is 0 Å². The normalized spacial score (nSPS) is 22.2. The maximum atomic E-state index is 5.82. The van der Waals surface area contributed by atoms with Crippen LogP contribution in [0.4, 0.5) is 0 Å². The summed E-state index contributed by atoms with van der Waals surface area (Å²) in [6, 6.07) is 0. The van der Waals surface area contributed by atoms with E-state index in [0.717, 1.165) is 19.3 Å². The molecule has 0 bridgehead atoms. The van der Waals surface area contributed by atoms with Crippen molar-refractivity contribution in [3.05, 3.63) is 0 Å². The molecule has 1 heterocycles. The van der Waals surface area contributed by atoms with Crippen molar-refractivity contribution >= 4 is 41.1 Å². The van der Waals surface area contributed by atoms with Gasteiger partial charge in [0.15, 0.2) is 0 Å². The molecular formula is C8H14Cl3N3. The molecule has 1 atom stereocenters. The number of halogens is 3. The number of unbranched alkanes of at least 4 members (excludes halogenated alkanes) is 1. The average Bonchev–Trinajstić information content (AvgIpc) is 2.42. The molecule has 1 unspecified atom stereocenters. The predicted molar refractivity (Wildman–Crippen MR) is 61.7 cm³/mol. The Kier molecular flexibility index (Phi) is 4.16. The second-order valence-electron chi connectivity index (χ2n) is 3.30. The molecule has 3 nitrogen and oxygen atoms in total. The standard InChI is InChI=1S/C8H14Cl3N3/c1-3-4-5-7-13(2)12-6-14(7)8(9,10)11/h6-7H,3-5H2,1-2H3. The zero-order valence-electron chi connectivity index (χ0n) is 8.25. The quantitative estimate of drug-likeness (QED) is 0.572. The van der Waals surface area contributed by atoms with Crippen LogP contribution in [-0.4, -0.2) is 33.4 Å². The van der Waals surface area contributed by atoms with E-state index in [1.54, 1.807) is 11.2 Å². The lowest BCUT2D eigenvalue weighted by Gasteiger charge is -2.32. The smallest absolute Gasteiger partial charge is 0.270 e. The Hall–Kier alpha value is 0.140. The van der Waals surface area contributed by atoms with Gasteiger partial charge in [0.1, 0.15) is 12.5 Å². The maximum Gasteiger partial charge on any atom is 0.270 e. The fourth-order valence-corrected chi connectivity index (χ4v) is 1.89. The summed E-state index contributed by atoms with van der Waals surface area (Å²) in [6.45, 7) is 2.13. The largest absolute Gasteiger partial charge is 0.295 e. The van der Waals surface area contributed by atoms with E-state index in [0.29, 0.717) is 0 Å². The fourth-order valence-electron chi connectivity index (χ4n) is 1.42. The molecule has 14 heavy (non-hydrogen) atoms. The summed E-state index contributed by atoms with van der Waals surface area (Å²) in [7, 11) is 1.88. The lowest BCUT2D eigenvalue weighted by atomic mass is 10.2. The molecule has 0 aromatic heterocycles. The topological polar surface area (TPSA) is 18.8 Å². The van der Waals surface area contributed by atoms with Crippen LogP contribution in [0.25, 0.3) is 0 Å². The van der Waals surface area contributed by atoms with Gasteiger partial charge in [0.25, 0.3) is 3.92 Å². The van der Waals surface area contributed by atoms with Gasteiger partial charge in [0, 0.05) is 7.05 Å². The molecule has 0 fully saturated rings. The highest BCUT2D eigenvalue weighted by Gasteiger charge is 2.38. The zero-order valence-corrected chi connectivity index (χ0v) is 10.5. The molecule has 0 aliphatic carbocycles. The van der Waals surface area contributed by atoms with Gasteiger partial charge in [-0.1, -0.05) is 48.1 Å². The van der Waals surface area contributed by atoms with Gasteiger partial charge < -0.3 is 0 Å². The summed E-state index contributed by atoms with van der Waals surface area (Å²) in [6.07, 6.45) is 4.80. The van der Waals surface area contributed by atoms with Crippen LogP contribution in [0.1, 0.15) is 26.2 Å². The molecule has 1 aliphatic rings. The molecule has 1 aliphatic heterocycles. The summed E-state index contributed by atoms with van der Waals surface area (Å²) in [5.41, 5.74) is 0. The number of nitrogens with zero attached hydrogens (tertiary/aromatic N) is 3. The minimum Gasteiger partial charge on any atom is -0.295 e. The van der Waals surface area contributed by atoms with E-state index in [4.69, 9.17) is 34.8 Å². The first-order chi connectivity index (χ1) is 6.46. The molecule has 1 rings (SSSR count). The summed E-state index contributed by atoms with van der Waals surface area (Å²) >= 11 is 17.5. The van der Waals surface area contributed by atoms with Crippen molar-refractivity contribution < 1.29 is 0 Å². The molecule has 0 aromatic carbocycles. The number of hydrogen-bond donors (Lipinski definition) is 0. The van der Waals surface area contributed by atoms with Crippen LogP contribution < -0.4 is 0 Å². The Morgan fingerprint density at radius 2 is 2.07 bits per heavy atom. The third-order valence-electron chi connectivity index (χ3n) is 2.22. The minimum absolute atomic E-state index is 0.0578. The number of hydrogen-bond acceptors (Lipinski definition) is 3. The summed E-state index contributed by atoms with van der Waals surface area (Å²) in [5.74, 6) is 0. The van der Waals surface area contributed by atoms with Gasteiger partial charge >= 0.3 is 0 Å². The highest BCUT2D eigenvalue weighted by Crippen LogP contribution is 2.35. The third kappa shape index (κ3) is 2.81. The van der Waals surface area contributed by atoms with Gasteiger partial charge in [-0.2, -0.15) is 5.10 Å². The van der Waals surface area contributed by atoms with Crippen molar-refractivity contribution in [3.8, 4) is 0 Å². The van der Waals surface area contributed by atoms with Gasteiger partial charge in [-0.05, 0) is 12.8 Å². The first-order valence-electron chi connectivity index (χ1n) is 4.59. The number of alkyl halides is 3. The molecule has 82 valence electrons. The Labute approximate surface area is 99.6 Å². The highest BCUT2D eigenvalue weighted by molar-refractivity contribution is 6.67. The first-order valence-corrected chi connectivity index (χ1v) is 5.72. The minimum atomic E-state index is -1.41. The maximum absolute atomic E-state index is 5.82. The van der Waals surface area contributed by atoms with Crippen LogP contribution in [0.3, 0.4) is 0 Å². The van der Waals surface area contributed by atoms with Crippen LogP contribution in [-0.2, 0) is 0 Å². The summed E-state index contributed by atoms with van der Waals surface area (Å²) < 4.78 is -1.41. The molecule has 0 saturated carbocycles. The van der Waals surface area contributed by atoms with Gasteiger partial charge in [-0.25, -0.2) is 0 Å². The van der Waals surface area contributed by atoms with Crippen LogP contribution in [0, 0.1) is 0 Å². The van der Waals surface area contributed by atoms with Gasteiger partial charge in [0.05, 0.1) is 0 Å². The van der Waals surface area contributed by atoms with Crippen molar-refractivity contribution in [2.24, 2.45) is 5.10 Å². The second-order valence-corrected chi connectivity index (χ2v) is 5.52. The lowest BCUT2D eigenvalue weighted by molar-refractivity contribution is 0.146. The molecule has 0 spiro atoms. The Morgan fingerprint density at radius 1 is 1.43 bits per heavy atom. The lowest BCUT2D eigenvalue weighted by Crippen LogP contribution is -2.44. The Balaban J connectivity index is 2.61. The molecule has 0 aromatic rings. The van der Waals surface area contributed by atoms with Gasteiger partial charge in [0.2, 0.25) is 0 Å². The molecule has 0 saturated heterocycles. The fraction of sp³-hybridized carbons (Fsp3) is 0.875. The number of hydrazone groups is 1. The monoisotopic (exact) mass is 257 g/mol. The highest BCUT2D eigenvalue weighted by atomic mass is 35.6. The van der Waals surface area contributed by atoms with Crippen molar-refractivity contribution in [1.29, 1.82) is 0 Å². The van der Waals surface area contributed by atoms with Crippen molar-refractivity contribution in [3.63, 3.8) is 0 Å². The number of rotatable bonds is 3. The Morgan fingerprint density at radius 3 is 2.57 bits per heavy atom. The van der Waals surface area contributed by atoms with Gasteiger partial charge in [-0.15, -0.1) is 0 Å². The first kappa shape index (κ1) is 12.2. The summed E-state index contributed by atoms with van der Waals surface area (Å²) in [5, 5.41) is 5.92. The van der Waals surface area contributed by atoms with Crippen LogP contribution >= 0.6 is 34.8 Å². The van der Waals surface area contributed by atoms with Crippen molar-refractivity contribution in [2.45, 2.75) is 36.3 Å². The zero-order chi connectivity index (χ0) is 10.8. The molecule has 6 heteroatoms. The molecular weight excluding hydrogens is 244 g/mol. The van der Waals surface area contributed by atoms with Crippen LogP contribution in [0.2, 0.25) is 0 Å².